The van der Waals surface area contributed by atoms with Crippen molar-refractivity contribution in [1.82, 2.24) is 14.5 Å². The smallest absolute Gasteiger partial charge is 0.255 e. The molecule has 0 bridgehead atoms. The molecule has 1 amide bonds. The van der Waals surface area contributed by atoms with Crippen molar-refractivity contribution in [2.75, 3.05) is 31.1 Å². The Bertz CT molecular complexity index is 1030. The molecule has 0 spiro atoms. The van der Waals surface area contributed by atoms with Gasteiger partial charge in [0.1, 0.15) is 5.82 Å². The van der Waals surface area contributed by atoms with E-state index in [9.17, 15) is 19.8 Å². The number of nitrogens with zero attached hydrogens (tertiary/aromatic N) is 4. The van der Waals surface area contributed by atoms with Crippen molar-refractivity contribution < 1.29 is 15.0 Å². The van der Waals surface area contributed by atoms with Crippen LogP contribution in [0.25, 0.3) is 0 Å². The second kappa shape index (κ2) is 9.27. The fraction of sp³-hybridized carbons (Fsp3) is 0.560. The molecule has 33 heavy (non-hydrogen) atoms. The molecule has 1 aromatic carbocycles. The summed E-state index contributed by atoms with van der Waals surface area (Å²) < 4.78 is 1.44. The number of amides is 1. The van der Waals surface area contributed by atoms with Gasteiger partial charge in [0.05, 0.1) is 24.1 Å². The molecule has 2 N–H and O–H groups in total. The van der Waals surface area contributed by atoms with Gasteiger partial charge < -0.3 is 20.0 Å². The van der Waals surface area contributed by atoms with E-state index in [2.05, 4.69) is 11.9 Å². The van der Waals surface area contributed by atoms with E-state index in [1.54, 1.807) is 6.92 Å². The van der Waals surface area contributed by atoms with Gasteiger partial charge in [0.2, 0.25) is 5.91 Å². The molecular weight excluding hydrogens is 420 g/mol. The van der Waals surface area contributed by atoms with E-state index in [1.165, 1.54) is 17.0 Å². The molecule has 0 radical (unpaired) electrons. The fourth-order valence-corrected chi connectivity index (χ4v) is 4.79. The van der Waals surface area contributed by atoms with Crippen molar-refractivity contribution in [2.24, 2.45) is 0 Å². The summed E-state index contributed by atoms with van der Waals surface area (Å²) >= 11 is 0. The minimum absolute atomic E-state index is 0.0955. The molecule has 2 aliphatic rings. The standard InChI is InChI=1S/C25H34N4O4/c1-19(20-6-4-3-5-7-20)14-22(30)27-12-9-25(33,10-13-27)17-29-18-26-21(15-23(29)31)28-11-8-24(2,32)16-28/h3-7,15,18-19,32-33H,8-14,16-17H2,1-2H3. The molecule has 8 nitrogen and oxygen atoms in total. The van der Waals surface area contributed by atoms with Gasteiger partial charge in [-0.1, -0.05) is 37.3 Å². The molecule has 2 saturated heterocycles. The Morgan fingerprint density at radius 2 is 1.82 bits per heavy atom. The molecule has 178 valence electrons. The van der Waals surface area contributed by atoms with Gasteiger partial charge in [0.25, 0.3) is 5.56 Å². The topological polar surface area (TPSA) is 98.9 Å². The third-order valence-electron chi connectivity index (χ3n) is 7.00. The summed E-state index contributed by atoms with van der Waals surface area (Å²) in [4.78, 5) is 33.5. The number of aliphatic hydroxyl groups is 2. The van der Waals surface area contributed by atoms with Gasteiger partial charge in [-0.3, -0.25) is 14.2 Å². The van der Waals surface area contributed by atoms with Gasteiger partial charge in [-0.2, -0.15) is 0 Å². The van der Waals surface area contributed by atoms with E-state index < -0.39 is 11.2 Å². The van der Waals surface area contributed by atoms with E-state index in [-0.39, 0.29) is 23.9 Å². The van der Waals surface area contributed by atoms with Gasteiger partial charge in [0, 0.05) is 38.7 Å². The molecule has 2 atom stereocenters. The van der Waals surface area contributed by atoms with Gasteiger partial charge in [-0.05, 0) is 37.7 Å². The molecular formula is C25H34N4O4. The molecule has 2 aromatic rings. The van der Waals surface area contributed by atoms with Gasteiger partial charge >= 0.3 is 0 Å². The minimum Gasteiger partial charge on any atom is -0.388 e. The van der Waals surface area contributed by atoms with Gasteiger partial charge in [-0.15, -0.1) is 0 Å². The number of carbonyl (C=O) groups excluding carboxylic acids is 1. The lowest BCUT2D eigenvalue weighted by Crippen LogP contribution is -2.49. The Morgan fingerprint density at radius 3 is 2.42 bits per heavy atom. The largest absolute Gasteiger partial charge is 0.388 e. The maximum absolute atomic E-state index is 12.8. The van der Waals surface area contributed by atoms with Crippen LogP contribution in [0.4, 0.5) is 5.82 Å². The number of benzene rings is 1. The molecule has 2 fully saturated rings. The Kier molecular flexibility index (Phi) is 6.59. The monoisotopic (exact) mass is 454 g/mol. The number of hydrogen-bond donors (Lipinski definition) is 2. The lowest BCUT2D eigenvalue weighted by molar-refractivity contribution is -0.136. The molecule has 8 heteroatoms. The van der Waals surface area contributed by atoms with Crippen molar-refractivity contribution in [3.8, 4) is 0 Å². The van der Waals surface area contributed by atoms with Crippen LogP contribution in [0.5, 0.6) is 0 Å². The van der Waals surface area contributed by atoms with E-state index in [1.807, 2.05) is 40.1 Å². The van der Waals surface area contributed by atoms with Crippen LogP contribution in [0.2, 0.25) is 0 Å². The van der Waals surface area contributed by atoms with Crippen LogP contribution in [-0.4, -0.2) is 68.0 Å². The SMILES string of the molecule is CC(CC(=O)N1CCC(O)(Cn2cnc(N3CCC(C)(O)C3)cc2=O)CC1)c1ccccc1. The Hall–Kier alpha value is -2.71. The minimum atomic E-state index is -1.05. The Balaban J connectivity index is 1.32. The van der Waals surface area contributed by atoms with E-state index >= 15 is 0 Å². The zero-order chi connectivity index (χ0) is 23.6. The average molecular weight is 455 g/mol. The molecule has 0 aliphatic carbocycles. The normalized spacial score (nSPS) is 23.5. The fourth-order valence-electron chi connectivity index (χ4n) is 4.79. The van der Waals surface area contributed by atoms with Crippen LogP contribution < -0.4 is 10.5 Å². The molecule has 4 rings (SSSR count). The number of β-amino-alcohol motifs (C(OH)–C–C–N with tert-alkyl or cyclic N) is 1. The number of rotatable bonds is 6. The first-order valence-electron chi connectivity index (χ1n) is 11.7. The number of hydrogen-bond acceptors (Lipinski definition) is 6. The lowest BCUT2D eigenvalue weighted by atomic mass is 9.90. The number of aromatic nitrogens is 2. The summed E-state index contributed by atoms with van der Waals surface area (Å²) in [5, 5.41) is 21.2. The average Bonchev–Trinajstić information content (AvgIpc) is 3.15. The predicted molar refractivity (Wildman–Crippen MR) is 126 cm³/mol. The summed E-state index contributed by atoms with van der Waals surface area (Å²) in [6, 6.07) is 11.5. The third-order valence-corrected chi connectivity index (χ3v) is 7.00. The maximum atomic E-state index is 12.8. The Morgan fingerprint density at radius 1 is 1.12 bits per heavy atom. The first-order chi connectivity index (χ1) is 15.6. The highest BCUT2D eigenvalue weighted by Crippen LogP contribution is 2.27. The third kappa shape index (κ3) is 5.62. The summed E-state index contributed by atoms with van der Waals surface area (Å²) in [6.45, 7) is 6.03. The highest BCUT2D eigenvalue weighted by atomic mass is 16.3. The maximum Gasteiger partial charge on any atom is 0.255 e. The van der Waals surface area contributed by atoms with Crippen molar-refractivity contribution in [1.29, 1.82) is 0 Å². The molecule has 1 aromatic heterocycles. The number of carbonyl (C=O) groups is 1. The number of piperidine rings is 1. The van der Waals surface area contributed by atoms with Gasteiger partial charge in [-0.25, -0.2) is 4.98 Å². The first-order valence-corrected chi connectivity index (χ1v) is 11.7. The van der Waals surface area contributed by atoms with E-state index in [0.29, 0.717) is 57.7 Å². The van der Waals surface area contributed by atoms with Crippen LogP contribution >= 0.6 is 0 Å². The summed E-state index contributed by atoms with van der Waals surface area (Å²) in [5.41, 5.74) is -0.898. The summed E-state index contributed by atoms with van der Waals surface area (Å²) in [7, 11) is 0. The Labute approximate surface area is 194 Å². The van der Waals surface area contributed by atoms with Crippen molar-refractivity contribution in [2.45, 2.75) is 63.2 Å². The second-order valence-corrected chi connectivity index (χ2v) is 10.0. The molecule has 0 saturated carbocycles. The predicted octanol–water partition coefficient (Wildman–Crippen LogP) is 1.75. The van der Waals surface area contributed by atoms with Crippen LogP contribution in [0, 0.1) is 0 Å². The van der Waals surface area contributed by atoms with Gasteiger partial charge in [0.15, 0.2) is 0 Å². The lowest BCUT2D eigenvalue weighted by Gasteiger charge is -2.38. The van der Waals surface area contributed by atoms with Crippen LogP contribution in [0.1, 0.15) is 51.0 Å². The number of anilines is 1. The van der Waals surface area contributed by atoms with E-state index in [0.717, 1.165) is 5.56 Å². The molecule has 3 heterocycles. The zero-order valence-electron chi connectivity index (χ0n) is 19.5. The van der Waals surface area contributed by atoms with Crippen molar-refractivity contribution in [3.05, 3.63) is 58.6 Å². The zero-order valence-corrected chi connectivity index (χ0v) is 19.5. The molecule has 2 unspecified atom stereocenters. The van der Waals surface area contributed by atoms with Crippen LogP contribution in [-0.2, 0) is 11.3 Å². The summed E-state index contributed by atoms with van der Waals surface area (Å²) in [5.74, 6) is 0.786. The highest BCUT2D eigenvalue weighted by Gasteiger charge is 2.35. The molecule has 2 aliphatic heterocycles. The number of likely N-dealkylation sites (tertiary alicyclic amines) is 1. The quantitative estimate of drug-likeness (QED) is 0.690. The van der Waals surface area contributed by atoms with Crippen molar-refractivity contribution in [3.63, 3.8) is 0 Å². The van der Waals surface area contributed by atoms with Crippen LogP contribution in [0.15, 0.2) is 47.5 Å². The van der Waals surface area contributed by atoms with Crippen LogP contribution in [0.3, 0.4) is 0 Å². The van der Waals surface area contributed by atoms with Crippen molar-refractivity contribution >= 4 is 11.7 Å². The van der Waals surface area contributed by atoms with E-state index in [4.69, 9.17) is 0 Å². The highest BCUT2D eigenvalue weighted by molar-refractivity contribution is 5.77. The summed E-state index contributed by atoms with van der Waals surface area (Å²) in [6.07, 6.45) is 3.39. The first kappa shape index (κ1) is 23.4. The second-order valence-electron chi connectivity index (χ2n) is 10.0.